The van der Waals surface area contributed by atoms with Crippen molar-refractivity contribution in [3.63, 3.8) is 0 Å². The number of carbonyl (C=O) groups excluding carboxylic acids is 1. The first-order chi connectivity index (χ1) is 8.18. The van der Waals surface area contributed by atoms with Crippen molar-refractivity contribution in [1.82, 2.24) is 10.2 Å². The Morgan fingerprint density at radius 3 is 2.39 bits per heavy atom. The third-order valence-corrected chi connectivity index (χ3v) is 4.44. The molecular weight excluding hydrogens is 248 g/mol. The predicted molar refractivity (Wildman–Crippen MR) is 77.0 cm³/mol. The minimum Gasteiger partial charge on any atom is -0.342 e. The topological polar surface area (TPSA) is 32.3 Å². The van der Waals surface area contributed by atoms with E-state index in [1.54, 1.807) is 0 Å². The summed E-state index contributed by atoms with van der Waals surface area (Å²) in [5.74, 6) is 2.24. The molecule has 2 aliphatic heterocycles. The first-order valence-corrected chi connectivity index (χ1v) is 7.18. The quantitative estimate of drug-likeness (QED) is 0.838. The maximum Gasteiger partial charge on any atom is 0.226 e. The number of likely N-dealkylation sites (tertiary alicyclic amines) is 1. The molecule has 0 aromatic carbocycles. The number of halogens is 1. The van der Waals surface area contributed by atoms with Crippen LogP contribution in [0, 0.1) is 17.8 Å². The molecule has 0 radical (unpaired) electrons. The van der Waals surface area contributed by atoms with Gasteiger partial charge in [-0.3, -0.25) is 4.79 Å². The molecule has 106 valence electrons. The first kappa shape index (κ1) is 15.8. The van der Waals surface area contributed by atoms with Gasteiger partial charge < -0.3 is 10.2 Å². The Balaban J connectivity index is 0.00000162. The van der Waals surface area contributed by atoms with E-state index in [4.69, 9.17) is 0 Å². The van der Waals surface area contributed by atoms with E-state index in [-0.39, 0.29) is 18.3 Å². The highest BCUT2D eigenvalue weighted by Crippen LogP contribution is 2.26. The van der Waals surface area contributed by atoms with Gasteiger partial charge in [0.15, 0.2) is 0 Å². The molecule has 4 heteroatoms. The van der Waals surface area contributed by atoms with Crippen LogP contribution in [0.25, 0.3) is 0 Å². The fourth-order valence-electron chi connectivity index (χ4n) is 3.11. The third kappa shape index (κ3) is 3.86. The smallest absolute Gasteiger partial charge is 0.226 e. The Hall–Kier alpha value is -0.280. The van der Waals surface area contributed by atoms with Crippen LogP contribution in [-0.2, 0) is 4.79 Å². The molecule has 18 heavy (non-hydrogen) atoms. The second-order valence-corrected chi connectivity index (χ2v) is 5.95. The maximum atomic E-state index is 12.3. The lowest BCUT2D eigenvalue weighted by atomic mass is 9.86. The minimum absolute atomic E-state index is 0. The van der Waals surface area contributed by atoms with E-state index in [2.05, 4.69) is 24.1 Å². The Labute approximate surface area is 117 Å². The van der Waals surface area contributed by atoms with E-state index in [0.29, 0.717) is 5.91 Å². The van der Waals surface area contributed by atoms with Gasteiger partial charge in [0.25, 0.3) is 0 Å². The summed E-state index contributed by atoms with van der Waals surface area (Å²) in [5, 5.41) is 3.33. The molecule has 2 saturated heterocycles. The van der Waals surface area contributed by atoms with E-state index in [0.717, 1.165) is 50.9 Å². The highest BCUT2D eigenvalue weighted by atomic mass is 35.5. The molecule has 2 heterocycles. The van der Waals surface area contributed by atoms with E-state index in [1.165, 1.54) is 12.8 Å². The number of carbonyl (C=O) groups is 1. The molecule has 2 fully saturated rings. The van der Waals surface area contributed by atoms with Crippen LogP contribution in [0.15, 0.2) is 0 Å². The molecule has 0 aliphatic carbocycles. The molecule has 3 nitrogen and oxygen atoms in total. The van der Waals surface area contributed by atoms with Crippen molar-refractivity contribution in [2.45, 2.75) is 39.5 Å². The van der Waals surface area contributed by atoms with Gasteiger partial charge in [0.05, 0.1) is 5.92 Å². The Kier molecular flexibility index (Phi) is 6.44. The number of hydrogen-bond donors (Lipinski definition) is 1. The summed E-state index contributed by atoms with van der Waals surface area (Å²) in [5.41, 5.74) is 0. The second kappa shape index (κ2) is 7.34. The van der Waals surface area contributed by atoms with Crippen LogP contribution >= 0.6 is 12.4 Å². The molecule has 2 rings (SSSR count). The zero-order valence-electron chi connectivity index (χ0n) is 11.7. The lowest BCUT2D eigenvalue weighted by Gasteiger charge is -2.36. The number of hydrogen-bond acceptors (Lipinski definition) is 2. The Bertz CT molecular complexity index is 257. The van der Waals surface area contributed by atoms with Gasteiger partial charge in [-0.05, 0) is 44.1 Å². The SMILES string of the molecule is CC(C)C1CCN(C(=O)C2CCCNC2)CC1.Cl. The van der Waals surface area contributed by atoms with Crippen molar-refractivity contribution in [1.29, 1.82) is 0 Å². The van der Waals surface area contributed by atoms with Gasteiger partial charge in [0.1, 0.15) is 0 Å². The van der Waals surface area contributed by atoms with Gasteiger partial charge in [-0.2, -0.15) is 0 Å². The molecule has 1 atom stereocenters. The molecule has 0 bridgehead atoms. The summed E-state index contributed by atoms with van der Waals surface area (Å²) < 4.78 is 0. The highest BCUT2D eigenvalue weighted by Gasteiger charge is 2.29. The van der Waals surface area contributed by atoms with Crippen molar-refractivity contribution in [3.05, 3.63) is 0 Å². The zero-order chi connectivity index (χ0) is 12.3. The highest BCUT2D eigenvalue weighted by molar-refractivity contribution is 5.85. The fraction of sp³-hybridized carbons (Fsp3) is 0.929. The Morgan fingerprint density at radius 1 is 1.22 bits per heavy atom. The number of rotatable bonds is 2. The van der Waals surface area contributed by atoms with Gasteiger partial charge in [-0.25, -0.2) is 0 Å². The van der Waals surface area contributed by atoms with Gasteiger partial charge >= 0.3 is 0 Å². The summed E-state index contributed by atoms with van der Waals surface area (Å²) in [4.78, 5) is 14.4. The predicted octanol–water partition coefficient (Wildman–Crippen LogP) is 2.30. The number of piperidine rings is 2. The molecule has 0 aromatic heterocycles. The standard InChI is InChI=1S/C14H26N2O.ClH/c1-11(2)12-5-8-16(9-6-12)14(17)13-4-3-7-15-10-13;/h11-13,15H,3-10H2,1-2H3;1H. The van der Waals surface area contributed by atoms with Gasteiger partial charge in [0.2, 0.25) is 5.91 Å². The summed E-state index contributed by atoms with van der Waals surface area (Å²) in [6.45, 7) is 8.54. The summed E-state index contributed by atoms with van der Waals surface area (Å²) >= 11 is 0. The van der Waals surface area contributed by atoms with Crippen LogP contribution in [0.2, 0.25) is 0 Å². The maximum absolute atomic E-state index is 12.3. The summed E-state index contributed by atoms with van der Waals surface area (Å²) in [6.07, 6.45) is 4.63. The van der Waals surface area contributed by atoms with Crippen LogP contribution < -0.4 is 5.32 Å². The zero-order valence-corrected chi connectivity index (χ0v) is 12.5. The molecule has 0 aromatic rings. The summed E-state index contributed by atoms with van der Waals surface area (Å²) in [7, 11) is 0. The molecule has 0 spiro atoms. The number of nitrogens with zero attached hydrogens (tertiary/aromatic N) is 1. The molecule has 1 amide bonds. The van der Waals surface area contributed by atoms with Gasteiger partial charge in [-0.15, -0.1) is 12.4 Å². The number of amides is 1. The van der Waals surface area contributed by atoms with Gasteiger partial charge in [-0.1, -0.05) is 13.8 Å². The molecular formula is C14H27ClN2O. The van der Waals surface area contributed by atoms with Crippen molar-refractivity contribution < 1.29 is 4.79 Å². The van der Waals surface area contributed by atoms with Crippen molar-refractivity contribution in [3.8, 4) is 0 Å². The third-order valence-electron chi connectivity index (χ3n) is 4.44. The normalized spacial score (nSPS) is 25.9. The van der Waals surface area contributed by atoms with Crippen LogP contribution in [0.4, 0.5) is 0 Å². The van der Waals surface area contributed by atoms with Crippen LogP contribution in [0.5, 0.6) is 0 Å². The van der Waals surface area contributed by atoms with Crippen LogP contribution in [0.3, 0.4) is 0 Å². The lowest BCUT2D eigenvalue weighted by molar-refractivity contribution is -0.137. The first-order valence-electron chi connectivity index (χ1n) is 7.18. The van der Waals surface area contributed by atoms with E-state index in [9.17, 15) is 4.79 Å². The minimum atomic E-state index is 0. The van der Waals surface area contributed by atoms with Crippen LogP contribution in [0.1, 0.15) is 39.5 Å². The summed E-state index contributed by atoms with van der Waals surface area (Å²) in [6, 6.07) is 0. The molecule has 1 unspecified atom stereocenters. The molecule has 1 N–H and O–H groups in total. The average Bonchev–Trinajstić information content (AvgIpc) is 2.39. The lowest BCUT2D eigenvalue weighted by Crippen LogP contribution is -2.46. The van der Waals surface area contributed by atoms with Crippen molar-refractivity contribution in [2.75, 3.05) is 26.2 Å². The van der Waals surface area contributed by atoms with E-state index >= 15 is 0 Å². The van der Waals surface area contributed by atoms with Crippen LogP contribution in [-0.4, -0.2) is 37.0 Å². The Morgan fingerprint density at radius 2 is 1.89 bits per heavy atom. The fourth-order valence-corrected chi connectivity index (χ4v) is 3.11. The van der Waals surface area contributed by atoms with Crippen molar-refractivity contribution >= 4 is 18.3 Å². The van der Waals surface area contributed by atoms with E-state index in [1.807, 2.05) is 0 Å². The molecule has 0 saturated carbocycles. The monoisotopic (exact) mass is 274 g/mol. The van der Waals surface area contributed by atoms with E-state index < -0.39 is 0 Å². The largest absolute Gasteiger partial charge is 0.342 e. The average molecular weight is 275 g/mol. The number of nitrogens with one attached hydrogen (secondary N) is 1. The van der Waals surface area contributed by atoms with Crippen molar-refractivity contribution in [2.24, 2.45) is 17.8 Å². The molecule has 2 aliphatic rings. The second-order valence-electron chi connectivity index (χ2n) is 5.95. The van der Waals surface area contributed by atoms with Gasteiger partial charge in [0, 0.05) is 19.6 Å².